The Balaban J connectivity index is 2.41. The monoisotopic (exact) mass is 187 g/mol. The highest BCUT2D eigenvalue weighted by atomic mass is 16.1. The molecule has 2 heterocycles. The zero-order valence-electron chi connectivity index (χ0n) is 7.55. The van der Waals surface area contributed by atoms with Crippen LogP contribution >= 0.6 is 0 Å². The smallest absolute Gasteiger partial charge is 0.282 e. The van der Waals surface area contributed by atoms with Gasteiger partial charge in [0.25, 0.3) is 5.56 Å². The van der Waals surface area contributed by atoms with Crippen molar-refractivity contribution < 1.29 is 0 Å². The second kappa shape index (κ2) is 2.64. The van der Waals surface area contributed by atoms with Gasteiger partial charge in [-0.1, -0.05) is 0 Å². The van der Waals surface area contributed by atoms with Gasteiger partial charge < -0.3 is 4.57 Å². The zero-order chi connectivity index (χ0) is 9.54. The van der Waals surface area contributed by atoms with Crippen LogP contribution in [-0.4, -0.2) is 14.5 Å². The Morgan fingerprint density at radius 1 is 1.36 bits per heavy atom. The van der Waals surface area contributed by atoms with Gasteiger partial charge in [-0.3, -0.25) is 4.79 Å². The fourth-order valence-electron chi connectivity index (χ4n) is 1.63. The van der Waals surface area contributed by atoms with Crippen molar-refractivity contribution in [1.29, 1.82) is 0 Å². The molecule has 1 fully saturated rings. The summed E-state index contributed by atoms with van der Waals surface area (Å²) in [6.07, 6.45) is 5.64. The van der Waals surface area contributed by atoms with Crippen LogP contribution in [0, 0.1) is 0 Å². The predicted octanol–water partition coefficient (Wildman–Crippen LogP) is 1.13. The normalized spacial score (nSPS) is 16.0. The number of hydrogen-bond acceptors (Lipinski definition) is 3. The van der Waals surface area contributed by atoms with E-state index in [9.17, 15) is 4.79 Å². The van der Waals surface area contributed by atoms with Crippen molar-refractivity contribution in [3.8, 4) is 0 Å². The molecular weight excluding hydrogens is 178 g/mol. The highest BCUT2D eigenvalue weighted by Crippen LogP contribution is 2.35. The lowest BCUT2D eigenvalue weighted by Gasteiger charge is -2.05. The Kier molecular flexibility index (Phi) is 1.45. The summed E-state index contributed by atoms with van der Waals surface area (Å²) in [5.74, 6) is 0. The second-order valence-corrected chi connectivity index (χ2v) is 3.56. The van der Waals surface area contributed by atoms with E-state index in [1.165, 1.54) is 0 Å². The van der Waals surface area contributed by atoms with Crippen LogP contribution in [-0.2, 0) is 0 Å². The van der Waals surface area contributed by atoms with Crippen molar-refractivity contribution >= 4 is 11.0 Å². The maximum absolute atomic E-state index is 11.4. The summed E-state index contributed by atoms with van der Waals surface area (Å²) < 4.78 is 2.00. The van der Waals surface area contributed by atoms with Crippen LogP contribution in [0.15, 0.2) is 29.5 Å². The summed E-state index contributed by atoms with van der Waals surface area (Å²) in [5.41, 5.74) is 0.569. The van der Waals surface area contributed by atoms with Crippen LogP contribution in [0.3, 0.4) is 0 Å². The van der Waals surface area contributed by atoms with Crippen LogP contribution in [0.1, 0.15) is 18.9 Å². The lowest BCUT2D eigenvalue weighted by molar-refractivity contribution is 0.735. The van der Waals surface area contributed by atoms with Gasteiger partial charge in [0.2, 0.25) is 0 Å². The summed E-state index contributed by atoms with van der Waals surface area (Å²) in [6, 6.07) is 4.04. The average Bonchev–Trinajstić information content (AvgIpc) is 3.03. The molecule has 0 radical (unpaired) electrons. The number of fused-ring (bicyclic) bond motifs is 1. The van der Waals surface area contributed by atoms with Gasteiger partial charge in [-0.25, -0.2) is 4.98 Å². The van der Waals surface area contributed by atoms with Gasteiger partial charge in [-0.15, -0.1) is 0 Å². The van der Waals surface area contributed by atoms with Gasteiger partial charge in [0.05, 0.1) is 5.39 Å². The largest absolute Gasteiger partial charge is 0.313 e. The maximum atomic E-state index is 11.4. The predicted molar refractivity (Wildman–Crippen MR) is 52.1 cm³/mol. The number of hydrogen-bond donors (Lipinski definition) is 0. The Hall–Kier alpha value is -1.71. The van der Waals surface area contributed by atoms with E-state index in [-0.39, 0.29) is 5.56 Å². The molecule has 2 aromatic rings. The summed E-state index contributed by atoms with van der Waals surface area (Å²) in [5, 5.41) is 0.613. The summed E-state index contributed by atoms with van der Waals surface area (Å²) in [7, 11) is 0. The number of aromatic nitrogens is 3. The maximum Gasteiger partial charge on any atom is 0.282 e. The van der Waals surface area contributed by atoms with Crippen LogP contribution in [0.25, 0.3) is 11.0 Å². The van der Waals surface area contributed by atoms with E-state index in [0.29, 0.717) is 11.4 Å². The standard InChI is InChI=1S/C10H9N3O/c14-10-8-2-1-5-11-9(8)13(6-12-10)7-3-4-7/h1-2,5-7H,3-4H2. The SMILES string of the molecule is O=c1ncn(C2CC2)c2ncccc12. The molecule has 0 amide bonds. The fourth-order valence-corrected chi connectivity index (χ4v) is 1.63. The van der Waals surface area contributed by atoms with Crippen LogP contribution < -0.4 is 5.56 Å². The van der Waals surface area contributed by atoms with Crippen molar-refractivity contribution in [2.75, 3.05) is 0 Å². The molecule has 2 aromatic heterocycles. The number of nitrogens with zero attached hydrogens (tertiary/aromatic N) is 3. The average molecular weight is 187 g/mol. The minimum Gasteiger partial charge on any atom is -0.313 e. The summed E-state index contributed by atoms with van der Waals surface area (Å²) in [4.78, 5) is 19.5. The zero-order valence-corrected chi connectivity index (χ0v) is 7.55. The molecule has 0 aromatic carbocycles. The number of pyridine rings is 1. The fraction of sp³-hybridized carbons (Fsp3) is 0.300. The van der Waals surface area contributed by atoms with E-state index >= 15 is 0 Å². The highest BCUT2D eigenvalue weighted by molar-refractivity contribution is 5.73. The van der Waals surface area contributed by atoms with Crippen molar-refractivity contribution in [2.45, 2.75) is 18.9 Å². The van der Waals surface area contributed by atoms with Gasteiger partial charge in [0.15, 0.2) is 0 Å². The first-order chi connectivity index (χ1) is 6.86. The Labute approximate surface area is 80.2 Å². The quantitative estimate of drug-likeness (QED) is 0.672. The Morgan fingerprint density at radius 3 is 3.00 bits per heavy atom. The van der Waals surface area contributed by atoms with Gasteiger partial charge in [0.1, 0.15) is 12.0 Å². The topological polar surface area (TPSA) is 47.8 Å². The van der Waals surface area contributed by atoms with E-state index in [1.807, 2.05) is 4.57 Å². The Bertz CT molecular complexity index is 542. The van der Waals surface area contributed by atoms with E-state index in [1.54, 1.807) is 24.7 Å². The van der Waals surface area contributed by atoms with Crippen LogP contribution in [0.5, 0.6) is 0 Å². The van der Waals surface area contributed by atoms with Crippen molar-refractivity contribution in [3.05, 3.63) is 35.0 Å². The molecule has 0 spiro atoms. The molecule has 3 rings (SSSR count). The van der Waals surface area contributed by atoms with Gasteiger partial charge in [-0.2, -0.15) is 4.98 Å². The molecule has 14 heavy (non-hydrogen) atoms. The molecule has 0 unspecified atom stereocenters. The lowest BCUT2D eigenvalue weighted by atomic mass is 10.3. The van der Waals surface area contributed by atoms with E-state index in [0.717, 1.165) is 18.5 Å². The third-order valence-corrected chi connectivity index (χ3v) is 2.50. The van der Waals surface area contributed by atoms with Crippen LogP contribution in [0.2, 0.25) is 0 Å². The Morgan fingerprint density at radius 2 is 2.21 bits per heavy atom. The first-order valence-corrected chi connectivity index (χ1v) is 4.68. The minimum absolute atomic E-state index is 0.190. The molecule has 1 aliphatic rings. The molecule has 0 bridgehead atoms. The van der Waals surface area contributed by atoms with Crippen molar-refractivity contribution in [1.82, 2.24) is 14.5 Å². The number of rotatable bonds is 1. The molecule has 70 valence electrons. The first kappa shape index (κ1) is 7.67. The third kappa shape index (κ3) is 1.04. The molecule has 4 nitrogen and oxygen atoms in total. The lowest BCUT2D eigenvalue weighted by Crippen LogP contribution is -2.12. The molecule has 0 aliphatic heterocycles. The molecule has 0 N–H and O–H groups in total. The molecule has 4 heteroatoms. The summed E-state index contributed by atoms with van der Waals surface area (Å²) in [6.45, 7) is 0. The van der Waals surface area contributed by atoms with E-state index < -0.39 is 0 Å². The van der Waals surface area contributed by atoms with Gasteiger partial charge in [-0.05, 0) is 25.0 Å². The molecular formula is C10H9N3O. The molecule has 1 saturated carbocycles. The van der Waals surface area contributed by atoms with Gasteiger partial charge in [0, 0.05) is 12.2 Å². The summed E-state index contributed by atoms with van der Waals surface area (Å²) >= 11 is 0. The first-order valence-electron chi connectivity index (χ1n) is 4.68. The van der Waals surface area contributed by atoms with Crippen molar-refractivity contribution in [2.24, 2.45) is 0 Å². The molecule has 0 saturated heterocycles. The van der Waals surface area contributed by atoms with Crippen LogP contribution in [0.4, 0.5) is 0 Å². The van der Waals surface area contributed by atoms with E-state index in [2.05, 4.69) is 9.97 Å². The third-order valence-electron chi connectivity index (χ3n) is 2.50. The van der Waals surface area contributed by atoms with Gasteiger partial charge >= 0.3 is 0 Å². The second-order valence-electron chi connectivity index (χ2n) is 3.56. The van der Waals surface area contributed by atoms with Crippen molar-refractivity contribution in [3.63, 3.8) is 0 Å². The highest BCUT2D eigenvalue weighted by Gasteiger charge is 2.24. The molecule has 0 atom stereocenters. The molecule has 1 aliphatic carbocycles. The van der Waals surface area contributed by atoms with E-state index in [4.69, 9.17) is 0 Å². The minimum atomic E-state index is -0.190.